The van der Waals surface area contributed by atoms with Crippen molar-refractivity contribution in [3.63, 3.8) is 0 Å². The van der Waals surface area contributed by atoms with Crippen LogP contribution in [0.2, 0.25) is 0 Å². The molecular formula is C14H19N3. The Morgan fingerprint density at radius 2 is 1.94 bits per heavy atom. The number of rotatable bonds is 1. The first kappa shape index (κ1) is 10.8. The van der Waals surface area contributed by atoms with Crippen LogP contribution in [0.1, 0.15) is 38.1 Å². The summed E-state index contributed by atoms with van der Waals surface area (Å²) in [6.45, 7) is 0. The van der Waals surface area contributed by atoms with Crippen molar-refractivity contribution >= 4 is 11.0 Å². The Hall–Kier alpha value is -1.35. The van der Waals surface area contributed by atoms with E-state index in [2.05, 4.69) is 27.8 Å². The van der Waals surface area contributed by atoms with Crippen molar-refractivity contribution in [2.24, 2.45) is 5.73 Å². The van der Waals surface area contributed by atoms with Gasteiger partial charge in [-0.15, -0.1) is 0 Å². The van der Waals surface area contributed by atoms with Gasteiger partial charge in [-0.2, -0.15) is 0 Å². The monoisotopic (exact) mass is 229 g/mol. The highest BCUT2D eigenvalue weighted by Crippen LogP contribution is 2.29. The summed E-state index contributed by atoms with van der Waals surface area (Å²) < 4.78 is 2.28. The van der Waals surface area contributed by atoms with Gasteiger partial charge in [0, 0.05) is 6.04 Å². The molecule has 1 fully saturated rings. The first-order valence-electron chi connectivity index (χ1n) is 6.53. The fraction of sp³-hybridized carbons (Fsp3) is 0.500. The summed E-state index contributed by atoms with van der Waals surface area (Å²) in [5, 5.41) is 0. The van der Waals surface area contributed by atoms with Crippen LogP contribution in [0.5, 0.6) is 0 Å². The Morgan fingerprint density at radius 1 is 1.12 bits per heavy atom. The summed E-state index contributed by atoms with van der Waals surface area (Å²) in [5.74, 6) is 0. The van der Waals surface area contributed by atoms with E-state index < -0.39 is 0 Å². The van der Waals surface area contributed by atoms with E-state index in [1.165, 1.54) is 31.2 Å². The zero-order valence-electron chi connectivity index (χ0n) is 10.0. The summed E-state index contributed by atoms with van der Waals surface area (Å²) in [7, 11) is 0. The molecule has 1 aliphatic rings. The molecule has 2 aromatic rings. The smallest absolute Gasteiger partial charge is 0.0961 e. The van der Waals surface area contributed by atoms with E-state index in [1.807, 2.05) is 12.4 Å². The van der Waals surface area contributed by atoms with Crippen LogP contribution in [0.4, 0.5) is 0 Å². The number of fused-ring (bicyclic) bond motifs is 1. The van der Waals surface area contributed by atoms with Crippen LogP contribution in [0.25, 0.3) is 11.0 Å². The normalized spacial score (nSPS) is 25.9. The summed E-state index contributed by atoms with van der Waals surface area (Å²) in [5.41, 5.74) is 8.60. The van der Waals surface area contributed by atoms with E-state index in [9.17, 15) is 0 Å². The molecule has 3 rings (SSSR count). The molecule has 2 atom stereocenters. The van der Waals surface area contributed by atoms with Gasteiger partial charge in [0.15, 0.2) is 0 Å². The van der Waals surface area contributed by atoms with Gasteiger partial charge in [-0.05, 0) is 25.0 Å². The maximum absolute atomic E-state index is 6.31. The minimum Gasteiger partial charge on any atom is -0.326 e. The first-order chi connectivity index (χ1) is 8.36. The summed E-state index contributed by atoms with van der Waals surface area (Å²) in [4.78, 5) is 4.47. The Morgan fingerprint density at radius 3 is 2.88 bits per heavy atom. The average Bonchev–Trinajstić information content (AvgIpc) is 2.66. The summed E-state index contributed by atoms with van der Waals surface area (Å²) >= 11 is 0. The predicted molar refractivity (Wildman–Crippen MR) is 69.8 cm³/mol. The molecule has 0 aliphatic heterocycles. The van der Waals surface area contributed by atoms with Gasteiger partial charge in [0.2, 0.25) is 0 Å². The highest BCUT2D eigenvalue weighted by molar-refractivity contribution is 5.75. The SMILES string of the molecule is NC1CCCCCC1n1cnc2ccccc21. The van der Waals surface area contributed by atoms with Crippen molar-refractivity contribution in [3.05, 3.63) is 30.6 Å². The maximum Gasteiger partial charge on any atom is 0.0961 e. The lowest BCUT2D eigenvalue weighted by atomic mass is 10.0. The molecule has 1 aliphatic carbocycles. The minimum atomic E-state index is 0.273. The number of nitrogens with zero attached hydrogens (tertiary/aromatic N) is 2. The topological polar surface area (TPSA) is 43.8 Å². The quantitative estimate of drug-likeness (QED) is 0.764. The van der Waals surface area contributed by atoms with Crippen molar-refractivity contribution in [1.29, 1.82) is 0 Å². The largest absolute Gasteiger partial charge is 0.326 e. The molecule has 1 saturated carbocycles. The second-order valence-electron chi connectivity index (χ2n) is 5.01. The highest BCUT2D eigenvalue weighted by atomic mass is 15.1. The van der Waals surface area contributed by atoms with E-state index in [4.69, 9.17) is 5.73 Å². The third kappa shape index (κ3) is 1.95. The van der Waals surface area contributed by atoms with Gasteiger partial charge in [-0.3, -0.25) is 0 Å². The first-order valence-corrected chi connectivity index (χ1v) is 6.53. The van der Waals surface area contributed by atoms with E-state index >= 15 is 0 Å². The molecule has 0 saturated heterocycles. The van der Waals surface area contributed by atoms with Gasteiger partial charge in [0.05, 0.1) is 23.4 Å². The van der Waals surface area contributed by atoms with E-state index in [0.717, 1.165) is 11.9 Å². The molecule has 0 spiro atoms. The van der Waals surface area contributed by atoms with Crippen LogP contribution in [-0.4, -0.2) is 15.6 Å². The highest BCUT2D eigenvalue weighted by Gasteiger charge is 2.22. The van der Waals surface area contributed by atoms with Gasteiger partial charge in [-0.1, -0.05) is 31.4 Å². The van der Waals surface area contributed by atoms with Gasteiger partial charge in [0.1, 0.15) is 0 Å². The standard InChI is InChI=1S/C14H19N3/c15-11-6-2-1-3-8-13(11)17-10-16-12-7-4-5-9-14(12)17/h4-5,7,9-11,13H,1-3,6,8,15H2. The molecule has 1 aromatic carbocycles. The Kier molecular flexibility index (Phi) is 2.85. The second-order valence-corrected chi connectivity index (χ2v) is 5.01. The minimum absolute atomic E-state index is 0.273. The van der Waals surface area contributed by atoms with Crippen molar-refractivity contribution in [2.45, 2.75) is 44.2 Å². The fourth-order valence-corrected chi connectivity index (χ4v) is 2.90. The van der Waals surface area contributed by atoms with Crippen molar-refractivity contribution in [3.8, 4) is 0 Å². The third-order valence-electron chi connectivity index (χ3n) is 3.87. The molecular weight excluding hydrogens is 210 g/mol. The molecule has 0 amide bonds. The van der Waals surface area contributed by atoms with Gasteiger partial charge in [-0.25, -0.2) is 4.98 Å². The van der Waals surface area contributed by atoms with Crippen LogP contribution in [-0.2, 0) is 0 Å². The fourth-order valence-electron chi connectivity index (χ4n) is 2.90. The van der Waals surface area contributed by atoms with Crippen molar-refractivity contribution in [2.75, 3.05) is 0 Å². The Labute approximate surface area is 102 Å². The molecule has 2 N–H and O–H groups in total. The summed E-state index contributed by atoms with van der Waals surface area (Å²) in [6, 6.07) is 9.00. The molecule has 3 nitrogen and oxygen atoms in total. The van der Waals surface area contributed by atoms with Gasteiger partial charge < -0.3 is 10.3 Å². The van der Waals surface area contributed by atoms with E-state index in [1.54, 1.807) is 0 Å². The average molecular weight is 229 g/mol. The van der Waals surface area contributed by atoms with Crippen LogP contribution in [0, 0.1) is 0 Å². The number of nitrogens with two attached hydrogens (primary N) is 1. The third-order valence-corrected chi connectivity index (χ3v) is 3.87. The Bertz CT molecular complexity index is 503. The zero-order valence-corrected chi connectivity index (χ0v) is 10.0. The Balaban J connectivity index is 2.01. The molecule has 1 heterocycles. The lowest BCUT2D eigenvalue weighted by Gasteiger charge is -2.23. The van der Waals surface area contributed by atoms with E-state index in [0.29, 0.717) is 6.04 Å². The number of benzene rings is 1. The molecule has 2 unspecified atom stereocenters. The number of imidazole rings is 1. The number of aromatic nitrogens is 2. The number of para-hydroxylation sites is 2. The summed E-state index contributed by atoms with van der Waals surface area (Å²) in [6.07, 6.45) is 8.14. The maximum atomic E-state index is 6.31. The van der Waals surface area contributed by atoms with Crippen LogP contribution < -0.4 is 5.73 Å². The molecule has 90 valence electrons. The molecule has 0 bridgehead atoms. The van der Waals surface area contributed by atoms with Gasteiger partial charge in [0.25, 0.3) is 0 Å². The number of hydrogen-bond acceptors (Lipinski definition) is 2. The molecule has 1 aromatic heterocycles. The lowest BCUT2D eigenvalue weighted by Crippen LogP contribution is -2.30. The van der Waals surface area contributed by atoms with Crippen molar-refractivity contribution in [1.82, 2.24) is 9.55 Å². The molecule has 3 heteroatoms. The lowest BCUT2D eigenvalue weighted by molar-refractivity contribution is 0.396. The van der Waals surface area contributed by atoms with Crippen LogP contribution >= 0.6 is 0 Å². The molecule has 0 radical (unpaired) electrons. The van der Waals surface area contributed by atoms with Crippen molar-refractivity contribution < 1.29 is 0 Å². The van der Waals surface area contributed by atoms with E-state index in [-0.39, 0.29) is 6.04 Å². The van der Waals surface area contributed by atoms with Crippen LogP contribution in [0.3, 0.4) is 0 Å². The second kappa shape index (κ2) is 4.49. The van der Waals surface area contributed by atoms with Crippen LogP contribution in [0.15, 0.2) is 30.6 Å². The number of hydrogen-bond donors (Lipinski definition) is 1. The van der Waals surface area contributed by atoms with Gasteiger partial charge >= 0.3 is 0 Å². The predicted octanol–water partition coefficient (Wildman–Crippen LogP) is 2.87. The zero-order chi connectivity index (χ0) is 11.7. The molecule has 17 heavy (non-hydrogen) atoms.